The number of primary amides is 1. The van der Waals surface area contributed by atoms with Gasteiger partial charge in [-0.3, -0.25) is 28.8 Å². The van der Waals surface area contributed by atoms with E-state index in [1.54, 1.807) is 48.8 Å². The first kappa shape index (κ1) is 45.5. The van der Waals surface area contributed by atoms with Crippen molar-refractivity contribution in [3.05, 3.63) is 120 Å². The number of benzene rings is 3. The van der Waals surface area contributed by atoms with Crippen LogP contribution in [0.1, 0.15) is 60.9 Å². The molecule has 6 amide bonds. The molecule has 2 aromatic heterocycles. The Kier molecular flexibility index (Phi) is 14.9. The third kappa shape index (κ3) is 11.7. The molecule has 0 aliphatic heterocycles. The van der Waals surface area contributed by atoms with Gasteiger partial charge in [-0.2, -0.15) is 0 Å². The minimum absolute atomic E-state index is 0.00133. The Labute approximate surface area is 363 Å². The van der Waals surface area contributed by atoms with Gasteiger partial charge >= 0.3 is 0 Å². The van der Waals surface area contributed by atoms with Crippen molar-refractivity contribution >= 4 is 46.3 Å². The average Bonchev–Trinajstić information content (AvgIpc) is 3.53. The second kappa shape index (κ2) is 20.7. The molecule has 3 aromatic carbocycles. The van der Waals surface area contributed by atoms with Crippen LogP contribution in [0.2, 0.25) is 0 Å². The number of aromatic amines is 2. The molecule has 1 saturated carbocycles. The fourth-order valence-corrected chi connectivity index (χ4v) is 7.66. The first-order chi connectivity index (χ1) is 30.3. The number of carbonyl (C=O) groups is 6. The maximum atomic E-state index is 14.6. The predicted molar refractivity (Wildman–Crippen MR) is 234 cm³/mol. The van der Waals surface area contributed by atoms with Gasteiger partial charge in [0, 0.05) is 54.2 Å². The van der Waals surface area contributed by atoms with E-state index in [9.17, 15) is 33.9 Å². The van der Waals surface area contributed by atoms with E-state index < -0.39 is 77.1 Å². The van der Waals surface area contributed by atoms with Crippen LogP contribution in [0, 0.1) is 0 Å². The second-order valence-corrected chi connectivity index (χ2v) is 16.0. The molecule has 1 unspecified atom stereocenters. The number of H-pyrrole nitrogens is 2. The minimum atomic E-state index is -1.59. The van der Waals surface area contributed by atoms with Crippen LogP contribution in [0.3, 0.4) is 0 Å². The Hall–Kier alpha value is -7.05. The monoisotopic (exact) mass is 861 g/mol. The van der Waals surface area contributed by atoms with Gasteiger partial charge in [0.05, 0.1) is 12.4 Å². The molecule has 14 N–H and O–H groups in total. The van der Waals surface area contributed by atoms with Gasteiger partial charge in [0.15, 0.2) is 0 Å². The number of carbonyl (C=O) groups excluding carboxylic acids is 6. The molecular weight excluding hydrogens is 807 g/mol. The number of para-hydroxylation sites is 1. The Balaban J connectivity index is 1.22. The first-order valence-corrected chi connectivity index (χ1v) is 20.9. The standard InChI is InChI=1S/C45H55N11O7/c1-26(52-42(61)38(20-29-23-50-35-12-6-5-11-32(29)35)54-41(60)34(47)21-30-24-49-25-51-30)40(59)56-45(22-33(45)28-14-16-31(57)17-15-28)44(63)55-37(19-27-9-3-2-4-10-27)43(62)53-36(39(48)58)13-7-8-18-46/h2-6,9-12,14-17,23-26,33-34,36-38,50,57H,7-8,13,18-22,46-47H2,1H3,(H2,48,58)(H,49,51)(H,52,61)(H,53,62)(H,54,60)(H,55,63)(H,56,59)/t26-,33+,34-,36-,37+,38+,45?/m0/s1. The highest BCUT2D eigenvalue weighted by Gasteiger charge is 2.62. The molecule has 1 aliphatic rings. The van der Waals surface area contributed by atoms with Crippen LogP contribution in [0.5, 0.6) is 5.75 Å². The number of nitrogens with one attached hydrogen (secondary N) is 7. The quantitative estimate of drug-likeness (QED) is 0.0430. The molecule has 63 heavy (non-hydrogen) atoms. The first-order valence-electron chi connectivity index (χ1n) is 20.9. The van der Waals surface area contributed by atoms with Crippen molar-refractivity contribution in [1.82, 2.24) is 41.5 Å². The zero-order chi connectivity index (χ0) is 45.1. The normalized spacial score (nSPS) is 17.9. The molecular formula is C45H55N11O7. The molecule has 0 saturated heterocycles. The van der Waals surface area contributed by atoms with E-state index in [1.807, 2.05) is 30.3 Å². The summed E-state index contributed by atoms with van der Waals surface area (Å²) in [4.78, 5) is 92.5. The molecule has 18 heteroatoms. The highest BCUT2D eigenvalue weighted by Crippen LogP contribution is 2.52. The van der Waals surface area contributed by atoms with Gasteiger partial charge in [-0.15, -0.1) is 0 Å². The number of aromatic nitrogens is 3. The smallest absolute Gasteiger partial charge is 0.247 e. The molecule has 7 atom stereocenters. The number of amides is 6. The number of hydrogen-bond donors (Lipinski definition) is 11. The lowest BCUT2D eigenvalue weighted by Gasteiger charge is -2.27. The van der Waals surface area contributed by atoms with Crippen molar-refractivity contribution in [2.24, 2.45) is 17.2 Å². The molecule has 1 fully saturated rings. The number of imidazole rings is 1. The largest absolute Gasteiger partial charge is 0.508 e. The van der Waals surface area contributed by atoms with Gasteiger partial charge in [-0.05, 0) is 74.0 Å². The van der Waals surface area contributed by atoms with Crippen LogP contribution in [-0.2, 0) is 48.0 Å². The Morgan fingerprint density at radius 2 is 1.48 bits per heavy atom. The van der Waals surface area contributed by atoms with E-state index in [0.29, 0.717) is 36.2 Å². The predicted octanol–water partition coefficient (Wildman–Crippen LogP) is 0.568. The summed E-state index contributed by atoms with van der Waals surface area (Å²) in [6.07, 6.45) is 6.51. The Morgan fingerprint density at radius 3 is 2.17 bits per heavy atom. The van der Waals surface area contributed by atoms with Crippen LogP contribution < -0.4 is 43.8 Å². The van der Waals surface area contributed by atoms with Crippen molar-refractivity contribution in [2.45, 2.75) is 93.5 Å². The number of aromatic hydroxyl groups is 1. The molecule has 5 aromatic rings. The van der Waals surface area contributed by atoms with Crippen LogP contribution in [-0.4, -0.2) is 97.8 Å². The van der Waals surface area contributed by atoms with Crippen molar-refractivity contribution in [3.8, 4) is 5.75 Å². The number of unbranched alkanes of at least 4 members (excludes halogenated alkanes) is 1. The Bertz CT molecular complexity index is 2370. The van der Waals surface area contributed by atoms with E-state index in [0.717, 1.165) is 16.5 Å². The van der Waals surface area contributed by atoms with E-state index in [4.69, 9.17) is 17.2 Å². The molecule has 6 rings (SSSR count). The highest BCUT2D eigenvalue weighted by atomic mass is 16.3. The summed E-state index contributed by atoms with van der Waals surface area (Å²) in [5.41, 5.74) is 19.5. The maximum Gasteiger partial charge on any atom is 0.247 e. The summed E-state index contributed by atoms with van der Waals surface area (Å²) < 4.78 is 0. The van der Waals surface area contributed by atoms with E-state index in [2.05, 4.69) is 41.5 Å². The van der Waals surface area contributed by atoms with Crippen molar-refractivity contribution < 1.29 is 33.9 Å². The van der Waals surface area contributed by atoms with Gasteiger partial charge in [-0.25, -0.2) is 4.98 Å². The molecule has 18 nitrogen and oxygen atoms in total. The summed E-state index contributed by atoms with van der Waals surface area (Å²) in [5.74, 6) is -4.65. The summed E-state index contributed by atoms with van der Waals surface area (Å²) in [6, 6.07) is 17.0. The van der Waals surface area contributed by atoms with Crippen LogP contribution in [0.4, 0.5) is 0 Å². The van der Waals surface area contributed by atoms with Crippen molar-refractivity contribution in [3.63, 3.8) is 0 Å². The summed E-state index contributed by atoms with van der Waals surface area (Å²) >= 11 is 0. The average molecular weight is 862 g/mol. The van der Waals surface area contributed by atoms with E-state index >= 15 is 0 Å². The third-order valence-electron chi connectivity index (χ3n) is 11.3. The lowest BCUT2D eigenvalue weighted by molar-refractivity contribution is -0.135. The molecule has 0 radical (unpaired) electrons. The fourth-order valence-electron chi connectivity index (χ4n) is 7.66. The van der Waals surface area contributed by atoms with Gasteiger partial charge < -0.3 is 58.9 Å². The van der Waals surface area contributed by atoms with E-state index in [1.165, 1.54) is 25.4 Å². The number of nitrogens with zero attached hydrogens (tertiary/aromatic N) is 1. The van der Waals surface area contributed by atoms with E-state index in [-0.39, 0.29) is 37.9 Å². The number of phenolic OH excluding ortho intramolecular Hbond substituents is 1. The van der Waals surface area contributed by atoms with Crippen molar-refractivity contribution in [1.29, 1.82) is 0 Å². The van der Waals surface area contributed by atoms with Gasteiger partial charge in [0.2, 0.25) is 35.4 Å². The zero-order valence-corrected chi connectivity index (χ0v) is 34.9. The molecule has 0 bridgehead atoms. The van der Waals surface area contributed by atoms with Crippen LogP contribution in [0.15, 0.2) is 97.6 Å². The highest BCUT2D eigenvalue weighted by molar-refractivity contribution is 6.01. The SMILES string of the molecule is C[C@H](NC(=O)[C@@H](Cc1c[nH]c2ccccc12)NC(=O)[C@@H](N)Cc1cnc[nH]1)C(=O)NC1(C(=O)N[C@H](Cc2ccccc2)C(=O)N[C@@H](CCCCN)C(N)=O)C[C@@H]1c1ccc(O)cc1. The van der Waals surface area contributed by atoms with Crippen LogP contribution in [0.25, 0.3) is 10.9 Å². The number of nitrogens with two attached hydrogens (primary N) is 3. The number of rotatable bonds is 22. The maximum absolute atomic E-state index is 14.6. The second-order valence-electron chi connectivity index (χ2n) is 16.0. The Morgan fingerprint density at radius 1 is 0.794 bits per heavy atom. The molecule has 0 spiro atoms. The topological polar surface area (TPSA) is 305 Å². The summed E-state index contributed by atoms with van der Waals surface area (Å²) in [5, 5.41) is 24.7. The lowest BCUT2D eigenvalue weighted by atomic mass is 10.0. The molecule has 2 heterocycles. The molecule has 1 aliphatic carbocycles. The number of fused-ring (bicyclic) bond motifs is 1. The van der Waals surface area contributed by atoms with Crippen LogP contribution >= 0.6 is 0 Å². The lowest BCUT2D eigenvalue weighted by Crippen LogP contribution is -2.61. The fraction of sp³-hybridized carbons (Fsp3) is 0.356. The number of hydrogen-bond acceptors (Lipinski definition) is 10. The van der Waals surface area contributed by atoms with Gasteiger partial charge in [0.25, 0.3) is 0 Å². The zero-order valence-electron chi connectivity index (χ0n) is 34.9. The summed E-state index contributed by atoms with van der Waals surface area (Å²) in [6.45, 7) is 1.85. The van der Waals surface area contributed by atoms with Gasteiger partial charge in [0.1, 0.15) is 35.5 Å². The number of phenols is 1. The molecule has 332 valence electrons. The third-order valence-corrected chi connectivity index (χ3v) is 11.3. The summed E-state index contributed by atoms with van der Waals surface area (Å²) in [7, 11) is 0. The minimum Gasteiger partial charge on any atom is -0.508 e. The van der Waals surface area contributed by atoms with Gasteiger partial charge in [-0.1, -0.05) is 60.7 Å². The van der Waals surface area contributed by atoms with Crippen molar-refractivity contribution in [2.75, 3.05) is 6.54 Å².